The molecule has 0 aliphatic rings. The molecule has 0 spiro atoms. The monoisotopic (exact) mass is 324 g/mol. The summed E-state index contributed by atoms with van der Waals surface area (Å²) in [6.45, 7) is 2.77. The number of hydrogen-bond acceptors (Lipinski definition) is 2. The summed E-state index contributed by atoms with van der Waals surface area (Å²) in [5, 5.41) is 4.25. The van der Waals surface area contributed by atoms with Crippen molar-refractivity contribution in [2.45, 2.75) is 18.2 Å². The van der Waals surface area contributed by atoms with Crippen molar-refractivity contribution >= 4 is 28.6 Å². The maximum Gasteiger partial charge on any atom is 0.224 e. The van der Waals surface area contributed by atoms with E-state index in [4.69, 9.17) is 0 Å². The van der Waals surface area contributed by atoms with Crippen LogP contribution in [0.3, 0.4) is 0 Å². The second-order valence-corrected chi connectivity index (χ2v) is 6.59. The van der Waals surface area contributed by atoms with Gasteiger partial charge in [0.2, 0.25) is 5.91 Å². The minimum Gasteiger partial charge on any atom is -0.358 e. The first-order valence-electron chi connectivity index (χ1n) is 7.75. The van der Waals surface area contributed by atoms with Gasteiger partial charge in [-0.2, -0.15) is 0 Å². The van der Waals surface area contributed by atoms with Gasteiger partial charge in [-0.15, -0.1) is 11.8 Å². The molecule has 1 amide bonds. The number of nitrogens with one attached hydrogen (secondary N) is 2. The van der Waals surface area contributed by atoms with E-state index in [0.717, 1.165) is 11.3 Å². The van der Waals surface area contributed by atoms with E-state index in [0.29, 0.717) is 13.0 Å². The lowest BCUT2D eigenvalue weighted by Gasteiger charge is -2.06. The first-order chi connectivity index (χ1) is 11.2. The summed E-state index contributed by atoms with van der Waals surface area (Å²) in [6, 6.07) is 18.1. The topological polar surface area (TPSA) is 44.9 Å². The molecule has 0 fully saturated rings. The van der Waals surface area contributed by atoms with Gasteiger partial charge in [0, 0.05) is 33.8 Å². The van der Waals surface area contributed by atoms with E-state index in [1.54, 1.807) is 11.8 Å². The smallest absolute Gasteiger partial charge is 0.224 e. The number of aromatic nitrogens is 1. The highest BCUT2D eigenvalue weighted by molar-refractivity contribution is 7.99. The molecule has 0 bridgehead atoms. The average Bonchev–Trinajstić information content (AvgIpc) is 2.88. The highest BCUT2D eigenvalue weighted by Crippen LogP contribution is 2.30. The van der Waals surface area contributed by atoms with E-state index in [9.17, 15) is 4.79 Å². The lowest BCUT2D eigenvalue weighted by molar-refractivity contribution is -0.120. The number of aryl methyl sites for hydroxylation is 1. The van der Waals surface area contributed by atoms with Gasteiger partial charge in [0.05, 0.1) is 6.42 Å². The normalized spacial score (nSPS) is 10.8. The molecule has 0 unspecified atom stereocenters. The Kier molecular flexibility index (Phi) is 5.03. The maximum atomic E-state index is 11.9. The lowest BCUT2D eigenvalue weighted by atomic mass is 10.1. The Labute approximate surface area is 140 Å². The van der Waals surface area contributed by atoms with Crippen LogP contribution in [-0.2, 0) is 11.2 Å². The van der Waals surface area contributed by atoms with E-state index in [-0.39, 0.29) is 5.91 Å². The minimum absolute atomic E-state index is 0.0763. The summed E-state index contributed by atoms with van der Waals surface area (Å²) < 4.78 is 0. The van der Waals surface area contributed by atoms with Crippen molar-refractivity contribution in [1.82, 2.24) is 10.3 Å². The number of fused-ring (bicyclic) bond motifs is 1. The number of H-pyrrole nitrogens is 1. The average molecular weight is 324 g/mol. The van der Waals surface area contributed by atoms with Crippen LogP contribution in [0, 0.1) is 6.92 Å². The van der Waals surface area contributed by atoms with Gasteiger partial charge in [0.1, 0.15) is 0 Å². The van der Waals surface area contributed by atoms with Crippen LogP contribution in [0.25, 0.3) is 10.9 Å². The lowest BCUT2D eigenvalue weighted by Crippen LogP contribution is -2.27. The molecule has 4 heteroatoms. The zero-order valence-electron chi connectivity index (χ0n) is 13.1. The second-order valence-electron chi connectivity index (χ2n) is 5.49. The quantitative estimate of drug-likeness (QED) is 0.533. The predicted octanol–water partition coefficient (Wildman–Crippen LogP) is 3.93. The number of thioether (sulfide) groups is 1. The Bertz CT molecular complexity index is 795. The predicted molar refractivity (Wildman–Crippen MR) is 96.9 cm³/mol. The fraction of sp³-hybridized carbons (Fsp3) is 0.211. The Balaban J connectivity index is 1.49. The number of carbonyl (C=O) groups excluding carboxylic acids is 1. The molecule has 1 aromatic heterocycles. The van der Waals surface area contributed by atoms with Gasteiger partial charge in [-0.1, -0.05) is 48.5 Å². The summed E-state index contributed by atoms with van der Waals surface area (Å²) >= 11 is 1.79. The number of para-hydroxylation sites is 1. The van der Waals surface area contributed by atoms with E-state index >= 15 is 0 Å². The van der Waals surface area contributed by atoms with Crippen LogP contribution in [0.5, 0.6) is 0 Å². The molecular weight excluding hydrogens is 304 g/mol. The zero-order chi connectivity index (χ0) is 16.1. The van der Waals surface area contributed by atoms with Gasteiger partial charge in [0.15, 0.2) is 0 Å². The molecule has 3 rings (SSSR count). The number of carbonyl (C=O) groups is 1. The molecule has 0 atom stereocenters. The van der Waals surface area contributed by atoms with Crippen molar-refractivity contribution in [2.75, 3.05) is 12.3 Å². The van der Waals surface area contributed by atoms with Gasteiger partial charge in [-0.05, 0) is 18.6 Å². The van der Waals surface area contributed by atoms with Crippen molar-refractivity contribution in [3.63, 3.8) is 0 Å². The summed E-state index contributed by atoms with van der Waals surface area (Å²) in [7, 11) is 0. The van der Waals surface area contributed by atoms with Gasteiger partial charge in [0.25, 0.3) is 0 Å². The summed E-state index contributed by atoms with van der Waals surface area (Å²) in [6.07, 6.45) is 0.442. The fourth-order valence-electron chi connectivity index (χ4n) is 2.62. The number of rotatable bonds is 6. The van der Waals surface area contributed by atoms with Crippen molar-refractivity contribution in [3.05, 3.63) is 65.9 Å². The van der Waals surface area contributed by atoms with E-state index < -0.39 is 0 Å². The molecule has 0 aliphatic heterocycles. The van der Waals surface area contributed by atoms with E-state index in [1.165, 1.54) is 21.5 Å². The molecule has 3 nitrogen and oxygen atoms in total. The third-order valence-corrected chi connectivity index (χ3v) is 4.94. The van der Waals surface area contributed by atoms with Gasteiger partial charge < -0.3 is 10.3 Å². The number of aromatic amines is 1. The van der Waals surface area contributed by atoms with E-state index in [1.807, 2.05) is 36.4 Å². The SMILES string of the molecule is Cc1[nH]c2ccccc2c1SCCNC(=O)Cc1ccccc1. The zero-order valence-corrected chi connectivity index (χ0v) is 14.0. The summed E-state index contributed by atoms with van der Waals surface area (Å²) in [4.78, 5) is 16.6. The van der Waals surface area contributed by atoms with Crippen LogP contribution in [0.15, 0.2) is 59.5 Å². The van der Waals surface area contributed by atoms with Crippen LogP contribution in [-0.4, -0.2) is 23.2 Å². The van der Waals surface area contributed by atoms with Crippen LogP contribution in [0.2, 0.25) is 0 Å². The summed E-state index contributed by atoms with van der Waals surface area (Å²) in [5.74, 6) is 0.941. The third-order valence-electron chi connectivity index (χ3n) is 3.71. The van der Waals surface area contributed by atoms with Crippen molar-refractivity contribution in [1.29, 1.82) is 0 Å². The Morgan fingerprint density at radius 1 is 1.09 bits per heavy atom. The molecule has 0 aliphatic carbocycles. The number of amides is 1. The Morgan fingerprint density at radius 2 is 1.83 bits per heavy atom. The van der Waals surface area contributed by atoms with Gasteiger partial charge >= 0.3 is 0 Å². The number of hydrogen-bond donors (Lipinski definition) is 2. The molecule has 2 aromatic carbocycles. The van der Waals surface area contributed by atoms with E-state index in [2.05, 4.69) is 35.4 Å². The Morgan fingerprint density at radius 3 is 2.65 bits per heavy atom. The largest absolute Gasteiger partial charge is 0.358 e. The van der Waals surface area contributed by atoms with Crippen LogP contribution < -0.4 is 5.32 Å². The molecule has 2 N–H and O–H groups in total. The first kappa shape index (κ1) is 15.7. The molecule has 0 saturated carbocycles. The highest BCUT2D eigenvalue weighted by atomic mass is 32.2. The molecule has 0 saturated heterocycles. The van der Waals surface area contributed by atoms with Gasteiger partial charge in [-0.25, -0.2) is 0 Å². The molecular formula is C19H20N2OS. The summed E-state index contributed by atoms with van der Waals surface area (Å²) in [5.41, 5.74) is 3.40. The molecule has 1 heterocycles. The van der Waals surface area contributed by atoms with Crippen molar-refractivity contribution < 1.29 is 4.79 Å². The van der Waals surface area contributed by atoms with Crippen LogP contribution in [0.1, 0.15) is 11.3 Å². The molecule has 0 radical (unpaired) electrons. The maximum absolute atomic E-state index is 11.9. The molecule has 3 aromatic rings. The third kappa shape index (κ3) is 3.96. The van der Waals surface area contributed by atoms with Crippen molar-refractivity contribution in [3.8, 4) is 0 Å². The fourth-order valence-corrected chi connectivity index (χ4v) is 3.63. The van der Waals surface area contributed by atoms with Crippen LogP contribution >= 0.6 is 11.8 Å². The standard InChI is InChI=1S/C19H20N2OS/c1-14-19(16-9-5-6-10-17(16)21-14)23-12-11-20-18(22)13-15-7-3-2-4-8-15/h2-10,21H,11-13H2,1H3,(H,20,22). The van der Waals surface area contributed by atoms with Crippen LogP contribution in [0.4, 0.5) is 0 Å². The first-order valence-corrected chi connectivity index (χ1v) is 8.73. The van der Waals surface area contributed by atoms with Gasteiger partial charge in [-0.3, -0.25) is 4.79 Å². The highest BCUT2D eigenvalue weighted by Gasteiger charge is 2.08. The molecule has 118 valence electrons. The number of benzene rings is 2. The Hall–Kier alpha value is -2.20. The second kappa shape index (κ2) is 7.38. The van der Waals surface area contributed by atoms with Crippen molar-refractivity contribution in [2.24, 2.45) is 0 Å². The minimum atomic E-state index is 0.0763. The molecule has 23 heavy (non-hydrogen) atoms.